The largest absolute Gasteiger partial charge is 0.372 e. The Morgan fingerprint density at radius 1 is 1.25 bits per heavy atom. The summed E-state index contributed by atoms with van der Waals surface area (Å²) in [7, 11) is 0. The molecule has 0 N–H and O–H groups in total. The third-order valence-electron chi connectivity index (χ3n) is 3.54. The number of piperazine rings is 1. The van der Waals surface area contributed by atoms with Crippen molar-refractivity contribution < 1.29 is 4.39 Å². The first-order valence-electron chi connectivity index (χ1n) is 7.14. The van der Waals surface area contributed by atoms with Gasteiger partial charge in [0.25, 0.3) is 0 Å². The molecule has 110 valence electrons. The standard InChI is InChI=1S/C16H24FN3/c1-13(11-16(2,3)4)19-7-9-20(10-8-19)14-5-6-15(17)18-12-14/h5-6,12H,1,7-11H2,2-4H3. The van der Waals surface area contributed by atoms with Crippen LogP contribution in [-0.4, -0.2) is 36.1 Å². The van der Waals surface area contributed by atoms with Crippen molar-refractivity contribution in [3.63, 3.8) is 0 Å². The molecule has 0 bridgehead atoms. The maximum absolute atomic E-state index is 12.8. The van der Waals surface area contributed by atoms with Crippen molar-refractivity contribution in [1.29, 1.82) is 0 Å². The first-order chi connectivity index (χ1) is 9.35. The van der Waals surface area contributed by atoms with E-state index in [0.29, 0.717) is 0 Å². The lowest BCUT2D eigenvalue weighted by Crippen LogP contribution is -2.46. The second-order valence-electron chi connectivity index (χ2n) is 6.62. The average molecular weight is 277 g/mol. The molecule has 2 rings (SSSR count). The Bertz CT molecular complexity index is 454. The lowest BCUT2D eigenvalue weighted by molar-refractivity contribution is 0.276. The van der Waals surface area contributed by atoms with Crippen LogP contribution in [0.1, 0.15) is 27.2 Å². The van der Waals surface area contributed by atoms with Crippen molar-refractivity contribution >= 4 is 5.69 Å². The van der Waals surface area contributed by atoms with Gasteiger partial charge in [0, 0.05) is 31.9 Å². The number of hydrogen-bond donors (Lipinski definition) is 0. The normalized spacial score (nSPS) is 16.4. The molecule has 0 aromatic carbocycles. The number of hydrogen-bond acceptors (Lipinski definition) is 3. The number of pyridine rings is 1. The molecule has 0 unspecified atom stereocenters. The third-order valence-corrected chi connectivity index (χ3v) is 3.54. The molecule has 0 saturated carbocycles. The van der Waals surface area contributed by atoms with Crippen LogP contribution in [0.4, 0.5) is 10.1 Å². The maximum atomic E-state index is 12.8. The summed E-state index contributed by atoms with van der Waals surface area (Å²) < 4.78 is 12.8. The molecule has 0 spiro atoms. The number of anilines is 1. The third kappa shape index (κ3) is 3.95. The van der Waals surface area contributed by atoms with Crippen molar-refractivity contribution in [3.05, 3.63) is 36.6 Å². The lowest BCUT2D eigenvalue weighted by Gasteiger charge is -2.39. The molecule has 0 radical (unpaired) electrons. The number of nitrogens with zero attached hydrogens (tertiary/aromatic N) is 3. The van der Waals surface area contributed by atoms with Gasteiger partial charge in [-0.1, -0.05) is 27.4 Å². The fourth-order valence-electron chi connectivity index (χ4n) is 2.56. The summed E-state index contributed by atoms with van der Waals surface area (Å²) in [4.78, 5) is 8.32. The Morgan fingerprint density at radius 2 is 1.90 bits per heavy atom. The minimum absolute atomic E-state index is 0.273. The molecule has 4 heteroatoms. The fourth-order valence-corrected chi connectivity index (χ4v) is 2.56. The molecule has 20 heavy (non-hydrogen) atoms. The number of aromatic nitrogens is 1. The first-order valence-corrected chi connectivity index (χ1v) is 7.14. The van der Waals surface area contributed by atoms with Gasteiger partial charge in [0.2, 0.25) is 5.95 Å². The predicted octanol–water partition coefficient (Wildman–Crippen LogP) is 3.29. The average Bonchev–Trinajstić information content (AvgIpc) is 2.38. The minimum Gasteiger partial charge on any atom is -0.372 e. The highest BCUT2D eigenvalue weighted by molar-refractivity contribution is 5.44. The molecule has 0 amide bonds. The van der Waals surface area contributed by atoms with Gasteiger partial charge in [0.15, 0.2) is 0 Å². The van der Waals surface area contributed by atoms with Gasteiger partial charge in [-0.25, -0.2) is 4.98 Å². The Labute approximate surface area is 121 Å². The molecular weight excluding hydrogens is 253 g/mol. The number of allylic oxidation sites excluding steroid dienone is 1. The van der Waals surface area contributed by atoms with E-state index in [2.05, 4.69) is 42.1 Å². The van der Waals surface area contributed by atoms with E-state index >= 15 is 0 Å². The summed E-state index contributed by atoms with van der Waals surface area (Å²) >= 11 is 0. The molecule has 1 aromatic heterocycles. The second-order valence-corrected chi connectivity index (χ2v) is 6.62. The SMILES string of the molecule is C=C(CC(C)(C)C)N1CCN(c2ccc(F)nc2)CC1. The Balaban J connectivity index is 1.89. The van der Waals surface area contributed by atoms with Crippen LogP contribution in [0.15, 0.2) is 30.6 Å². The van der Waals surface area contributed by atoms with E-state index < -0.39 is 5.95 Å². The molecule has 1 saturated heterocycles. The van der Waals surface area contributed by atoms with Crippen molar-refractivity contribution in [2.75, 3.05) is 31.1 Å². The predicted molar refractivity (Wildman–Crippen MR) is 81.2 cm³/mol. The summed E-state index contributed by atoms with van der Waals surface area (Å²) in [6.07, 6.45) is 2.63. The fraction of sp³-hybridized carbons (Fsp3) is 0.562. The molecule has 0 aliphatic carbocycles. The Morgan fingerprint density at radius 3 is 2.40 bits per heavy atom. The van der Waals surface area contributed by atoms with Crippen molar-refractivity contribution in [3.8, 4) is 0 Å². The van der Waals surface area contributed by atoms with Crippen LogP contribution >= 0.6 is 0 Å². The molecule has 0 atom stereocenters. The van der Waals surface area contributed by atoms with E-state index in [1.54, 1.807) is 12.3 Å². The van der Waals surface area contributed by atoms with Gasteiger partial charge in [-0.3, -0.25) is 0 Å². The van der Waals surface area contributed by atoms with E-state index in [0.717, 1.165) is 38.3 Å². The van der Waals surface area contributed by atoms with Crippen LogP contribution in [-0.2, 0) is 0 Å². The van der Waals surface area contributed by atoms with Crippen LogP contribution in [0, 0.1) is 11.4 Å². The van der Waals surface area contributed by atoms with E-state index in [1.807, 2.05) is 0 Å². The van der Waals surface area contributed by atoms with Crippen LogP contribution in [0.25, 0.3) is 0 Å². The van der Waals surface area contributed by atoms with Gasteiger partial charge < -0.3 is 9.80 Å². The second kappa shape index (κ2) is 5.81. The summed E-state index contributed by atoms with van der Waals surface area (Å²) in [6.45, 7) is 14.7. The Hall–Kier alpha value is -1.58. The summed E-state index contributed by atoms with van der Waals surface area (Å²) in [6, 6.07) is 3.21. The zero-order valence-corrected chi connectivity index (χ0v) is 12.7. The van der Waals surface area contributed by atoms with Gasteiger partial charge in [-0.05, 0) is 24.0 Å². The lowest BCUT2D eigenvalue weighted by atomic mass is 9.90. The van der Waals surface area contributed by atoms with Gasteiger partial charge in [0.1, 0.15) is 0 Å². The van der Waals surface area contributed by atoms with E-state index in [1.165, 1.54) is 11.8 Å². The molecule has 1 fully saturated rings. The highest BCUT2D eigenvalue weighted by Crippen LogP contribution is 2.26. The topological polar surface area (TPSA) is 19.4 Å². The zero-order chi connectivity index (χ0) is 14.8. The highest BCUT2D eigenvalue weighted by atomic mass is 19.1. The molecule has 2 heterocycles. The molecule has 1 aromatic rings. The van der Waals surface area contributed by atoms with E-state index in [4.69, 9.17) is 0 Å². The quantitative estimate of drug-likeness (QED) is 0.790. The van der Waals surface area contributed by atoms with Gasteiger partial charge >= 0.3 is 0 Å². The van der Waals surface area contributed by atoms with Crippen molar-refractivity contribution in [2.24, 2.45) is 5.41 Å². The highest BCUT2D eigenvalue weighted by Gasteiger charge is 2.21. The van der Waals surface area contributed by atoms with Crippen molar-refractivity contribution in [2.45, 2.75) is 27.2 Å². The summed E-state index contributed by atoms with van der Waals surface area (Å²) in [5.41, 5.74) is 2.48. The summed E-state index contributed by atoms with van der Waals surface area (Å²) in [5, 5.41) is 0. The van der Waals surface area contributed by atoms with E-state index in [-0.39, 0.29) is 5.41 Å². The van der Waals surface area contributed by atoms with Crippen LogP contribution in [0.2, 0.25) is 0 Å². The summed E-state index contributed by atoms with van der Waals surface area (Å²) in [5.74, 6) is -0.425. The van der Waals surface area contributed by atoms with E-state index in [9.17, 15) is 4.39 Å². The molecule has 1 aliphatic heterocycles. The van der Waals surface area contributed by atoms with Gasteiger partial charge in [-0.2, -0.15) is 4.39 Å². The van der Waals surface area contributed by atoms with Crippen molar-refractivity contribution in [1.82, 2.24) is 9.88 Å². The first kappa shape index (κ1) is 14.8. The number of rotatable bonds is 3. The zero-order valence-electron chi connectivity index (χ0n) is 12.7. The van der Waals surface area contributed by atoms with Crippen LogP contribution in [0.3, 0.4) is 0 Å². The monoisotopic (exact) mass is 277 g/mol. The molecular formula is C16H24FN3. The maximum Gasteiger partial charge on any atom is 0.212 e. The minimum atomic E-state index is -0.425. The van der Waals surface area contributed by atoms with Gasteiger partial charge in [0.05, 0.1) is 11.9 Å². The molecule has 3 nitrogen and oxygen atoms in total. The number of halogens is 1. The Kier molecular flexibility index (Phi) is 4.31. The van der Waals surface area contributed by atoms with Crippen LogP contribution in [0.5, 0.6) is 0 Å². The van der Waals surface area contributed by atoms with Gasteiger partial charge in [-0.15, -0.1) is 0 Å². The smallest absolute Gasteiger partial charge is 0.212 e. The molecule has 1 aliphatic rings. The van der Waals surface area contributed by atoms with Crippen LogP contribution < -0.4 is 4.90 Å².